The highest BCUT2D eigenvalue weighted by atomic mass is 32.1. The van der Waals surface area contributed by atoms with Crippen LogP contribution in [0.1, 0.15) is 88.9 Å². The summed E-state index contributed by atoms with van der Waals surface area (Å²) in [5.74, 6) is -4.13. The van der Waals surface area contributed by atoms with E-state index in [0.29, 0.717) is 24.3 Å². The predicted octanol–water partition coefficient (Wildman–Crippen LogP) is 1.94. The Bertz CT molecular complexity index is 1340. The number of hydrogen-bond donors (Lipinski definition) is 4. The van der Waals surface area contributed by atoms with E-state index in [1.807, 2.05) is 27.7 Å². The molecular weight excluding hydrogens is 612 g/mol. The zero-order valence-electron chi connectivity index (χ0n) is 27.0. The van der Waals surface area contributed by atoms with Crippen molar-refractivity contribution in [3.8, 4) is 0 Å². The van der Waals surface area contributed by atoms with Crippen LogP contribution in [0.4, 0.5) is 4.79 Å². The Morgan fingerprint density at radius 3 is 2.24 bits per heavy atom. The molecule has 6 atom stereocenters. The van der Waals surface area contributed by atoms with Crippen LogP contribution in [0.15, 0.2) is 11.6 Å². The van der Waals surface area contributed by atoms with Crippen molar-refractivity contribution in [3.63, 3.8) is 0 Å². The summed E-state index contributed by atoms with van der Waals surface area (Å²) in [5, 5.41) is 10.4. The Morgan fingerprint density at radius 1 is 0.978 bits per heavy atom. The van der Waals surface area contributed by atoms with Gasteiger partial charge in [-0.05, 0) is 63.7 Å². The van der Waals surface area contributed by atoms with Crippen molar-refractivity contribution < 1.29 is 33.5 Å². The lowest BCUT2D eigenvalue weighted by atomic mass is 9.83. The molecule has 2 aliphatic heterocycles. The Morgan fingerprint density at radius 2 is 1.65 bits per heavy atom. The van der Waals surface area contributed by atoms with Crippen LogP contribution in [0.3, 0.4) is 0 Å². The van der Waals surface area contributed by atoms with Crippen molar-refractivity contribution >= 4 is 46.7 Å². The third-order valence-corrected chi connectivity index (χ3v) is 10.6. The molecule has 0 radical (unpaired) electrons. The lowest BCUT2D eigenvalue weighted by Crippen LogP contribution is -2.61. The number of aromatic nitrogens is 1. The van der Waals surface area contributed by atoms with Gasteiger partial charge in [-0.3, -0.25) is 24.0 Å². The maximum absolute atomic E-state index is 14.5. The number of urea groups is 1. The van der Waals surface area contributed by atoms with Crippen LogP contribution >= 0.6 is 11.3 Å². The van der Waals surface area contributed by atoms with Gasteiger partial charge in [0.1, 0.15) is 18.1 Å². The van der Waals surface area contributed by atoms with E-state index in [1.165, 1.54) is 22.4 Å². The molecule has 14 heteroatoms. The normalized spacial score (nSPS) is 26.1. The molecular formula is C32H46N6O7S. The van der Waals surface area contributed by atoms with Gasteiger partial charge in [0.25, 0.3) is 5.91 Å². The molecule has 2 saturated heterocycles. The van der Waals surface area contributed by atoms with E-state index >= 15 is 0 Å². The second kappa shape index (κ2) is 13.8. The molecule has 2 saturated carbocycles. The highest BCUT2D eigenvalue weighted by Gasteiger charge is 2.57. The fourth-order valence-corrected chi connectivity index (χ4v) is 8.03. The Balaban J connectivity index is 1.39. The van der Waals surface area contributed by atoms with Crippen LogP contribution in [-0.4, -0.2) is 87.6 Å². The number of carbonyl (C=O) groups is 6. The molecule has 13 nitrogen and oxygen atoms in total. The lowest BCUT2D eigenvalue weighted by molar-refractivity contribution is -0.144. The first-order chi connectivity index (χ1) is 21.8. The summed E-state index contributed by atoms with van der Waals surface area (Å²) in [7, 11) is 0. The number of nitrogens with zero attached hydrogens (tertiary/aromatic N) is 2. The maximum Gasteiger partial charge on any atom is 0.316 e. The number of nitrogens with two attached hydrogens (primary N) is 1. The zero-order chi connectivity index (χ0) is 33.3. The minimum absolute atomic E-state index is 0.145. The van der Waals surface area contributed by atoms with Gasteiger partial charge >= 0.3 is 6.03 Å². The van der Waals surface area contributed by atoms with Gasteiger partial charge in [-0.15, -0.1) is 11.3 Å². The number of carbonyl (C=O) groups excluding carboxylic acids is 6. The molecule has 1 aromatic heterocycles. The molecule has 5 amide bonds. The van der Waals surface area contributed by atoms with E-state index in [4.69, 9.17) is 10.5 Å². The third kappa shape index (κ3) is 7.43. The van der Waals surface area contributed by atoms with E-state index < -0.39 is 65.4 Å². The number of rotatable bonds is 12. The van der Waals surface area contributed by atoms with Gasteiger partial charge < -0.3 is 31.3 Å². The summed E-state index contributed by atoms with van der Waals surface area (Å²) >= 11 is 1.20. The Labute approximate surface area is 273 Å². The van der Waals surface area contributed by atoms with Crippen LogP contribution in [0.5, 0.6) is 0 Å². The molecule has 4 fully saturated rings. The Kier molecular flexibility index (Phi) is 10.2. The summed E-state index contributed by atoms with van der Waals surface area (Å²) in [4.78, 5) is 85.2. The van der Waals surface area contributed by atoms with Gasteiger partial charge in [0.05, 0.1) is 17.7 Å². The average molecular weight is 659 g/mol. The number of ketones is 2. The van der Waals surface area contributed by atoms with Crippen LogP contribution in [0.2, 0.25) is 0 Å². The number of thiazole rings is 1. The minimum atomic E-state index is -1.11. The number of likely N-dealkylation sites (tertiary alicyclic amines) is 1. The minimum Gasteiger partial charge on any atom is -0.370 e. The van der Waals surface area contributed by atoms with Gasteiger partial charge in [-0.25, -0.2) is 9.78 Å². The van der Waals surface area contributed by atoms with Crippen LogP contribution < -0.4 is 21.7 Å². The summed E-state index contributed by atoms with van der Waals surface area (Å²) in [6, 6.07) is -4.46. The molecule has 5 rings (SSSR count). The number of nitrogens with one attached hydrogen (secondary N) is 3. The SMILES string of the molecule is CC(C)[C@H](NC(=O)N[C@H](C(=O)N1CC2OC(C)(C)CC2[C@H]1C(=O)NC(C(=O)C(N)=O)C1CC1)C1CCCCC1)C(=O)c1nccs1. The van der Waals surface area contributed by atoms with Gasteiger partial charge in [-0.2, -0.15) is 0 Å². The van der Waals surface area contributed by atoms with Gasteiger partial charge in [0, 0.05) is 24.0 Å². The van der Waals surface area contributed by atoms with Crippen molar-refractivity contribution in [2.45, 2.75) is 115 Å². The van der Waals surface area contributed by atoms with Crippen molar-refractivity contribution in [2.75, 3.05) is 6.54 Å². The maximum atomic E-state index is 14.5. The topological polar surface area (TPSA) is 190 Å². The highest BCUT2D eigenvalue weighted by Crippen LogP contribution is 2.44. The van der Waals surface area contributed by atoms with Crippen molar-refractivity contribution in [3.05, 3.63) is 16.6 Å². The van der Waals surface area contributed by atoms with Crippen molar-refractivity contribution in [1.82, 2.24) is 25.8 Å². The zero-order valence-corrected chi connectivity index (χ0v) is 27.8. The van der Waals surface area contributed by atoms with E-state index in [2.05, 4.69) is 20.9 Å². The molecule has 4 aliphatic rings. The van der Waals surface area contributed by atoms with Crippen molar-refractivity contribution in [1.29, 1.82) is 0 Å². The van der Waals surface area contributed by atoms with Crippen LogP contribution in [0, 0.1) is 23.7 Å². The van der Waals surface area contributed by atoms with E-state index in [-0.39, 0.29) is 36.0 Å². The quantitative estimate of drug-likeness (QED) is 0.194. The number of hydrogen-bond acceptors (Lipinski definition) is 9. The first-order valence-corrected chi connectivity index (χ1v) is 17.3. The number of fused-ring (bicyclic) bond motifs is 1. The van der Waals surface area contributed by atoms with Gasteiger partial charge in [-0.1, -0.05) is 33.1 Å². The molecule has 3 unspecified atom stereocenters. The van der Waals surface area contributed by atoms with E-state index in [0.717, 1.165) is 32.1 Å². The number of ether oxygens (including phenoxy) is 1. The predicted molar refractivity (Wildman–Crippen MR) is 169 cm³/mol. The smallest absolute Gasteiger partial charge is 0.316 e. The van der Waals surface area contributed by atoms with Crippen LogP contribution in [0.25, 0.3) is 0 Å². The fourth-order valence-electron chi connectivity index (χ4n) is 7.42. The summed E-state index contributed by atoms with van der Waals surface area (Å²) in [6.45, 7) is 7.67. The van der Waals surface area contributed by atoms with Gasteiger partial charge in [0.15, 0.2) is 5.01 Å². The summed E-state index contributed by atoms with van der Waals surface area (Å²) in [6.07, 6.45) is 7.28. The second-order valence-corrected chi connectivity index (χ2v) is 15.1. The molecule has 0 spiro atoms. The van der Waals surface area contributed by atoms with Crippen LogP contribution in [-0.2, 0) is 23.9 Å². The number of Topliss-reactive ketones (excluding diaryl/α,β-unsaturated/α-hetero) is 2. The summed E-state index contributed by atoms with van der Waals surface area (Å²) < 4.78 is 6.27. The van der Waals surface area contributed by atoms with E-state index in [1.54, 1.807) is 5.38 Å². The largest absolute Gasteiger partial charge is 0.370 e. The molecule has 0 aromatic carbocycles. The average Bonchev–Trinajstić information content (AvgIpc) is 3.44. The molecule has 252 valence electrons. The number of amides is 5. The molecule has 46 heavy (non-hydrogen) atoms. The lowest BCUT2D eigenvalue weighted by Gasteiger charge is -2.36. The third-order valence-electron chi connectivity index (χ3n) is 9.81. The van der Waals surface area contributed by atoms with E-state index in [9.17, 15) is 28.8 Å². The molecule has 1 aromatic rings. The monoisotopic (exact) mass is 658 g/mol. The highest BCUT2D eigenvalue weighted by molar-refractivity contribution is 7.11. The van der Waals surface area contributed by atoms with Crippen molar-refractivity contribution in [2.24, 2.45) is 29.4 Å². The molecule has 2 aliphatic carbocycles. The second-order valence-electron chi connectivity index (χ2n) is 14.2. The number of primary amides is 1. The molecule has 5 N–H and O–H groups in total. The van der Waals surface area contributed by atoms with Gasteiger partial charge in [0.2, 0.25) is 23.4 Å². The molecule has 0 bridgehead atoms. The standard InChI is InChI=1S/C32H46N6O7S/c1-16(2)21(26(40)29-34-12-13-46-29)36-31(44)37-23(17-8-6-5-7-9-17)30(43)38-15-20-19(14-32(3,4)45-20)24(38)28(42)35-22(18-10-11-18)25(39)27(33)41/h12-13,16-24H,5-11,14-15H2,1-4H3,(H2,33,41)(H,35,42)(H2,36,37,44)/t19?,20?,21-,22?,23-,24-/m0/s1. The fraction of sp³-hybridized carbons (Fsp3) is 0.719. The molecule has 3 heterocycles. The first-order valence-electron chi connectivity index (χ1n) is 16.4. The summed E-state index contributed by atoms with van der Waals surface area (Å²) in [5.41, 5.74) is 4.79. The first kappa shape index (κ1) is 34.0. The Hall–Kier alpha value is -3.39.